The summed E-state index contributed by atoms with van der Waals surface area (Å²) in [4.78, 5) is 14.1. The van der Waals surface area contributed by atoms with E-state index in [9.17, 15) is 4.79 Å². The zero-order valence-electron chi connectivity index (χ0n) is 24.9. The maximum atomic E-state index is 14.1. The van der Waals surface area contributed by atoms with Gasteiger partial charge in [-0.2, -0.15) is 0 Å². The maximum Gasteiger partial charge on any atom is 0.314 e. The van der Waals surface area contributed by atoms with Crippen LogP contribution < -0.4 is 11.5 Å². The van der Waals surface area contributed by atoms with Crippen molar-refractivity contribution in [3.8, 4) is 0 Å². The summed E-state index contributed by atoms with van der Waals surface area (Å²) in [5, 5.41) is 0. The minimum absolute atomic E-state index is 0.147. The molecule has 8 fully saturated rings. The van der Waals surface area contributed by atoms with E-state index < -0.39 is 22.1 Å². The van der Waals surface area contributed by atoms with E-state index >= 15 is 0 Å². The van der Waals surface area contributed by atoms with Crippen LogP contribution in [0.25, 0.3) is 0 Å². The van der Waals surface area contributed by atoms with Crippen LogP contribution in [0.5, 0.6) is 0 Å². The first kappa shape index (κ1) is 27.5. The molecular weight excluding hydrogens is 476 g/mol. The lowest BCUT2D eigenvalue weighted by Gasteiger charge is -2.64. The predicted molar refractivity (Wildman–Crippen MR) is 148 cm³/mol. The fourth-order valence-electron chi connectivity index (χ4n) is 11.3. The molecule has 8 saturated carbocycles. The van der Waals surface area contributed by atoms with Gasteiger partial charge >= 0.3 is 5.97 Å². The van der Waals surface area contributed by atoms with Gasteiger partial charge < -0.3 is 25.7 Å². The van der Waals surface area contributed by atoms with Gasteiger partial charge in [-0.3, -0.25) is 4.79 Å². The molecule has 0 aromatic heterocycles. The molecule has 0 aromatic carbocycles. The summed E-state index contributed by atoms with van der Waals surface area (Å²) in [7, 11) is 1.86. The topological polar surface area (TPSA) is 96.8 Å². The van der Waals surface area contributed by atoms with Crippen molar-refractivity contribution in [2.24, 2.45) is 51.9 Å². The first-order valence-corrected chi connectivity index (χ1v) is 15.6. The van der Waals surface area contributed by atoms with Crippen LogP contribution in [0.3, 0.4) is 0 Å². The van der Waals surface area contributed by atoms with Crippen molar-refractivity contribution < 1.29 is 19.0 Å². The number of hydrogen-bond acceptors (Lipinski definition) is 6. The molecule has 0 spiro atoms. The number of carbonyl (C=O) groups is 1. The number of esters is 1. The van der Waals surface area contributed by atoms with E-state index in [4.69, 9.17) is 25.7 Å². The molecule has 4 N–H and O–H groups in total. The zero-order valence-corrected chi connectivity index (χ0v) is 24.9. The van der Waals surface area contributed by atoms with Gasteiger partial charge in [0, 0.05) is 30.0 Å². The largest absolute Gasteiger partial charge is 0.458 e. The molecule has 4 atom stereocenters. The zero-order chi connectivity index (χ0) is 27.4. The Kier molecular flexibility index (Phi) is 6.26. The fraction of sp³-hybridized carbons (Fsp3) is 0.969. The summed E-state index contributed by atoms with van der Waals surface area (Å²) in [6, 6.07) is 0. The lowest BCUT2D eigenvalue weighted by Crippen LogP contribution is -2.65. The van der Waals surface area contributed by atoms with Crippen molar-refractivity contribution in [3.05, 3.63) is 0 Å². The first-order chi connectivity index (χ1) is 17.6. The highest BCUT2D eigenvalue weighted by molar-refractivity contribution is 5.79. The normalized spacial score (nSPS) is 45.7. The Morgan fingerprint density at radius 1 is 0.789 bits per heavy atom. The Hall–Kier alpha value is -0.690. The molecule has 0 aromatic rings. The van der Waals surface area contributed by atoms with Gasteiger partial charge in [-0.1, -0.05) is 0 Å². The van der Waals surface area contributed by atoms with Crippen LogP contribution in [0.15, 0.2) is 0 Å². The second kappa shape index (κ2) is 8.66. The molecule has 0 saturated heterocycles. The Morgan fingerprint density at radius 2 is 1.26 bits per heavy atom. The number of carbonyl (C=O) groups excluding carboxylic acids is 1. The fourth-order valence-corrected chi connectivity index (χ4v) is 11.3. The second-order valence-electron chi connectivity index (χ2n) is 16.9. The van der Waals surface area contributed by atoms with Crippen molar-refractivity contribution >= 4 is 5.97 Å². The van der Waals surface area contributed by atoms with Crippen molar-refractivity contribution in [3.63, 3.8) is 0 Å². The SMILES string of the molecule is COC(OC12CC3CC(CC(OC(=O)C(C)(CC(C)(C)N)C(C)(C)N)(C3)C1)C2)C12CC3CC(CC(C3)C1)C2. The molecular formula is C32H54N2O4. The molecule has 8 aliphatic rings. The van der Waals surface area contributed by atoms with E-state index in [-0.39, 0.29) is 23.3 Å². The number of hydrogen-bond donors (Lipinski definition) is 2. The van der Waals surface area contributed by atoms with Gasteiger partial charge in [-0.05, 0) is 141 Å². The molecule has 8 aliphatic carbocycles. The monoisotopic (exact) mass is 530 g/mol. The smallest absolute Gasteiger partial charge is 0.314 e. The van der Waals surface area contributed by atoms with Crippen LogP contribution in [0.2, 0.25) is 0 Å². The highest BCUT2D eigenvalue weighted by Crippen LogP contribution is 2.65. The van der Waals surface area contributed by atoms with Crippen molar-refractivity contribution in [2.45, 2.75) is 147 Å². The number of nitrogens with two attached hydrogens (primary N) is 2. The van der Waals surface area contributed by atoms with Gasteiger partial charge in [0.25, 0.3) is 0 Å². The summed E-state index contributed by atoms with van der Waals surface area (Å²) in [5.74, 6) is 3.47. The Balaban J connectivity index is 1.24. The molecule has 0 aliphatic heterocycles. The van der Waals surface area contributed by atoms with Crippen LogP contribution in [-0.2, 0) is 19.0 Å². The highest BCUT2D eigenvalue weighted by Gasteiger charge is 2.64. The van der Waals surface area contributed by atoms with Crippen molar-refractivity contribution in [1.29, 1.82) is 0 Å². The van der Waals surface area contributed by atoms with Crippen LogP contribution in [-0.4, -0.2) is 41.6 Å². The quantitative estimate of drug-likeness (QED) is 0.293. The minimum Gasteiger partial charge on any atom is -0.458 e. The number of rotatable bonds is 9. The third-order valence-corrected chi connectivity index (χ3v) is 12.1. The summed E-state index contributed by atoms with van der Waals surface area (Å²) < 4.78 is 20.2. The van der Waals surface area contributed by atoms with E-state index in [1.165, 1.54) is 44.9 Å². The minimum atomic E-state index is -0.878. The standard InChI is InChI=1S/C32H54N2O4/c1-27(2,33)18-29(5,28(3,4)34)25(35)37-31-14-23-10-24(15-31)17-32(16-23,19-31)38-26(36-6)30-11-20-7-21(12-30)9-22(8-20)13-30/h20-24,26H,7-19,33-34H2,1-6H3. The molecule has 8 bridgehead atoms. The molecule has 8 rings (SSSR count). The molecule has 0 radical (unpaired) electrons. The molecule has 6 nitrogen and oxygen atoms in total. The van der Waals surface area contributed by atoms with E-state index in [2.05, 4.69) is 0 Å². The third-order valence-electron chi connectivity index (χ3n) is 12.1. The number of methoxy groups -OCH3 is 1. The van der Waals surface area contributed by atoms with E-state index in [0.717, 1.165) is 49.9 Å². The van der Waals surface area contributed by atoms with E-state index in [0.29, 0.717) is 18.3 Å². The average Bonchev–Trinajstić information content (AvgIpc) is 2.73. The Labute approximate surface area is 230 Å². The Bertz CT molecular complexity index is 899. The van der Waals surface area contributed by atoms with E-state index in [1.807, 2.05) is 41.7 Å². The van der Waals surface area contributed by atoms with Crippen LogP contribution in [0.4, 0.5) is 0 Å². The summed E-state index contributed by atoms with van der Waals surface area (Å²) >= 11 is 0. The van der Waals surface area contributed by atoms with Gasteiger partial charge in [0.2, 0.25) is 0 Å². The van der Waals surface area contributed by atoms with Crippen LogP contribution in [0.1, 0.15) is 118 Å². The highest BCUT2D eigenvalue weighted by atomic mass is 16.7. The van der Waals surface area contributed by atoms with Crippen LogP contribution in [0, 0.1) is 40.4 Å². The predicted octanol–water partition coefficient (Wildman–Crippen LogP) is 5.70. The summed E-state index contributed by atoms with van der Waals surface area (Å²) in [5.41, 5.74) is 10.4. The molecule has 4 unspecified atom stereocenters. The van der Waals surface area contributed by atoms with E-state index in [1.54, 1.807) is 0 Å². The number of ether oxygens (including phenoxy) is 3. The maximum absolute atomic E-state index is 14.1. The first-order valence-electron chi connectivity index (χ1n) is 15.6. The van der Waals surface area contributed by atoms with Gasteiger partial charge in [0.1, 0.15) is 5.60 Å². The third kappa shape index (κ3) is 4.58. The van der Waals surface area contributed by atoms with Crippen molar-refractivity contribution in [2.75, 3.05) is 7.11 Å². The second-order valence-corrected chi connectivity index (χ2v) is 16.9. The molecule has 216 valence electrons. The van der Waals surface area contributed by atoms with Crippen LogP contribution >= 0.6 is 0 Å². The van der Waals surface area contributed by atoms with Gasteiger partial charge in [0.15, 0.2) is 6.29 Å². The Morgan fingerprint density at radius 3 is 1.71 bits per heavy atom. The molecule has 0 heterocycles. The lowest BCUT2D eigenvalue weighted by atomic mass is 9.49. The molecule has 0 amide bonds. The van der Waals surface area contributed by atoms with Crippen molar-refractivity contribution in [1.82, 2.24) is 0 Å². The lowest BCUT2D eigenvalue weighted by molar-refractivity contribution is -0.321. The average molecular weight is 531 g/mol. The summed E-state index contributed by atoms with van der Waals surface area (Å²) in [6.07, 6.45) is 14.4. The molecule has 6 heteroatoms. The van der Waals surface area contributed by atoms with Gasteiger partial charge in [0.05, 0.1) is 11.0 Å². The van der Waals surface area contributed by atoms with Gasteiger partial charge in [-0.25, -0.2) is 0 Å². The molecule has 38 heavy (non-hydrogen) atoms. The summed E-state index contributed by atoms with van der Waals surface area (Å²) in [6.45, 7) is 9.74. The van der Waals surface area contributed by atoms with Gasteiger partial charge in [-0.15, -0.1) is 0 Å².